The summed E-state index contributed by atoms with van der Waals surface area (Å²) >= 11 is 0. The first-order valence-electron chi connectivity index (χ1n) is 10.0. The summed E-state index contributed by atoms with van der Waals surface area (Å²) in [5.41, 5.74) is 2.39. The zero-order valence-electron chi connectivity index (χ0n) is 16.1. The Labute approximate surface area is 165 Å². The molecule has 4 aliphatic heterocycles. The van der Waals surface area contributed by atoms with Crippen LogP contribution in [0.5, 0.6) is 11.6 Å². The number of aromatic nitrogens is 1. The quantitative estimate of drug-likeness (QED) is 0.821. The molecule has 0 spiro atoms. The third-order valence-electron chi connectivity index (χ3n) is 6.16. The molecule has 4 aliphatic rings. The van der Waals surface area contributed by atoms with Crippen LogP contribution in [0.4, 0.5) is 0 Å². The van der Waals surface area contributed by atoms with Gasteiger partial charge in [-0.1, -0.05) is 24.3 Å². The molecule has 0 radical (unpaired) electrons. The second-order valence-corrected chi connectivity index (χ2v) is 7.95. The molecule has 3 atom stereocenters. The molecule has 3 saturated heterocycles. The highest BCUT2D eigenvalue weighted by atomic mass is 16.6. The van der Waals surface area contributed by atoms with Crippen LogP contribution in [-0.2, 0) is 11.3 Å². The SMILES string of the molecule is CC(=O)N1C[C@@H]2CC[C@H]1CN2Cc1ccc([C@H]2COc3cccnc3O2)cc1. The van der Waals surface area contributed by atoms with Gasteiger partial charge in [-0.05, 0) is 36.1 Å². The van der Waals surface area contributed by atoms with Gasteiger partial charge in [0.2, 0.25) is 5.91 Å². The van der Waals surface area contributed by atoms with E-state index < -0.39 is 0 Å². The van der Waals surface area contributed by atoms with Crippen LogP contribution in [0.2, 0.25) is 0 Å². The highest BCUT2D eigenvalue weighted by Crippen LogP contribution is 2.34. The number of piperazine rings is 1. The minimum Gasteiger partial charge on any atom is -0.484 e. The standard InChI is InChI=1S/C22H25N3O3/c1-15(26)25-13-18-8-9-19(25)12-24(18)11-16-4-6-17(7-5-16)21-14-27-20-3-2-10-23-22(20)28-21/h2-7,10,18-19,21H,8-9,11-14H2,1H3/t18-,19-,21+/m0/s1. The van der Waals surface area contributed by atoms with E-state index in [0.717, 1.165) is 31.6 Å². The van der Waals surface area contributed by atoms with Crippen LogP contribution in [0, 0.1) is 0 Å². The number of piperidine rings is 2. The maximum absolute atomic E-state index is 11.8. The fourth-order valence-corrected chi connectivity index (χ4v) is 4.64. The number of nitrogens with zero attached hydrogens (tertiary/aromatic N) is 3. The Morgan fingerprint density at radius 2 is 1.96 bits per heavy atom. The van der Waals surface area contributed by atoms with E-state index in [9.17, 15) is 4.79 Å². The first kappa shape index (κ1) is 17.5. The van der Waals surface area contributed by atoms with E-state index in [1.807, 2.05) is 12.1 Å². The van der Waals surface area contributed by atoms with Crippen molar-refractivity contribution in [1.29, 1.82) is 0 Å². The van der Waals surface area contributed by atoms with Crippen molar-refractivity contribution in [3.8, 4) is 11.6 Å². The molecule has 2 bridgehead atoms. The van der Waals surface area contributed by atoms with Crippen LogP contribution >= 0.6 is 0 Å². The predicted molar refractivity (Wildman–Crippen MR) is 104 cm³/mol. The highest BCUT2D eigenvalue weighted by molar-refractivity contribution is 5.74. The number of rotatable bonds is 3. The number of hydrogen-bond acceptors (Lipinski definition) is 5. The van der Waals surface area contributed by atoms with Crippen molar-refractivity contribution < 1.29 is 14.3 Å². The summed E-state index contributed by atoms with van der Waals surface area (Å²) in [6.45, 7) is 4.97. The maximum Gasteiger partial charge on any atom is 0.257 e. The molecule has 1 aromatic carbocycles. The fraction of sp³-hybridized carbons (Fsp3) is 0.455. The number of amides is 1. The molecule has 6 heteroatoms. The molecule has 0 saturated carbocycles. The van der Waals surface area contributed by atoms with E-state index in [-0.39, 0.29) is 12.0 Å². The van der Waals surface area contributed by atoms with E-state index in [1.54, 1.807) is 13.1 Å². The number of ether oxygens (including phenoxy) is 2. The van der Waals surface area contributed by atoms with Crippen LogP contribution in [0.3, 0.4) is 0 Å². The number of carbonyl (C=O) groups is 1. The maximum atomic E-state index is 11.8. The van der Waals surface area contributed by atoms with Crippen LogP contribution in [0.1, 0.15) is 37.0 Å². The topological polar surface area (TPSA) is 54.9 Å². The van der Waals surface area contributed by atoms with Gasteiger partial charge in [0, 0.05) is 44.8 Å². The summed E-state index contributed by atoms with van der Waals surface area (Å²) in [5.74, 6) is 1.47. The molecule has 6 rings (SSSR count). The summed E-state index contributed by atoms with van der Waals surface area (Å²) < 4.78 is 11.8. The lowest BCUT2D eigenvalue weighted by molar-refractivity contribution is -0.139. The van der Waals surface area contributed by atoms with Crippen molar-refractivity contribution in [2.24, 2.45) is 0 Å². The van der Waals surface area contributed by atoms with Gasteiger partial charge in [-0.3, -0.25) is 9.69 Å². The molecule has 0 unspecified atom stereocenters. The molecule has 3 fully saturated rings. The molecular weight excluding hydrogens is 354 g/mol. The minimum absolute atomic E-state index is 0.133. The van der Waals surface area contributed by atoms with Crippen LogP contribution in [0.25, 0.3) is 0 Å². The van der Waals surface area contributed by atoms with Gasteiger partial charge < -0.3 is 14.4 Å². The van der Waals surface area contributed by atoms with Crippen molar-refractivity contribution in [1.82, 2.24) is 14.8 Å². The third-order valence-corrected chi connectivity index (χ3v) is 6.16. The number of benzene rings is 1. The van der Waals surface area contributed by atoms with Gasteiger partial charge in [-0.25, -0.2) is 4.98 Å². The van der Waals surface area contributed by atoms with E-state index in [4.69, 9.17) is 9.47 Å². The zero-order chi connectivity index (χ0) is 19.1. The lowest BCUT2D eigenvalue weighted by Crippen LogP contribution is -2.63. The number of fused-ring (bicyclic) bond motifs is 4. The number of hydrogen-bond donors (Lipinski definition) is 0. The number of carbonyl (C=O) groups excluding carboxylic acids is 1. The van der Waals surface area contributed by atoms with E-state index in [2.05, 4.69) is 39.0 Å². The summed E-state index contributed by atoms with van der Waals surface area (Å²) in [4.78, 5) is 20.6. The Hall–Kier alpha value is -2.60. The van der Waals surface area contributed by atoms with Crippen molar-refractivity contribution in [3.05, 3.63) is 53.7 Å². The van der Waals surface area contributed by atoms with Gasteiger partial charge in [-0.2, -0.15) is 0 Å². The molecule has 1 aromatic heterocycles. The smallest absolute Gasteiger partial charge is 0.257 e. The second-order valence-electron chi connectivity index (χ2n) is 7.95. The monoisotopic (exact) mass is 379 g/mol. The van der Waals surface area contributed by atoms with E-state index in [0.29, 0.717) is 30.3 Å². The van der Waals surface area contributed by atoms with Gasteiger partial charge in [0.05, 0.1) is 0 Å². The Bertz CT molecular complexity index is 870. The minimum atomic E-state index is -0.133. The van der Waals surface area contributed by atoms with Crippen LogP contribution in [-0.4, -0.2) is 52.5 Å². The Morgan fingerprint density at radius 3 is 2.71 bits per heavy atom. The summed E-state index contributed by atoms with van der Waals surface area (Å²) in [7, 11) is 0. The normalized spacial score (nSPS) is 26.3. The molecule has 6 nitrogen and oxygen atoms in total. The second kappa shape index (κ2) is 7.09. The molecule has 2 aromatic rings. The largest absolute Gasteiger partial charge is 0.484 e. The van der Waals surface area contributed by atoms with Gasteiger partial charge in [-0.15, -0.1) is 0 Å². The van der Waals surface area contributed by atoms with Gasteiger partial charge in [0.25, 0.3) is 5.88 Å². The molecular formula is C22H25N3O3. The lowest BCUT2D eigenvalue weighted by Gasteiger charge is -2.51. The summed E-state index contributed by atoms with van der Waals surface area (Å²) in [6, 6.07) is 13.2. The van der Waals surface area contributed by atoms with Crippen molar-refractivity contribution >= 4 is 5.91 Å². The van der Waals surface area contributed by atoms with E-state index >= 15 is 0 Å². The molecule has 0 aliphatic carbocycles. The molecule has 0 N–H and O–H groups in total. The average molecular weight is 379 g/mol. The van der Waals surface area contributed by atoms with Crippen LogP contribution < -0.4 is 9.47 Å². The summed E-state index contributed by atoms with van der Waals surface area (Å²) in [6.07, 6.45) is 3.90. The van der Waals surface area contributed by atoms with Crippen molar-refractivity contribution in [2.75, 3.05) is 19.7 Å². The lowest BCUT2D eigenvalue weighted by atomic mass is 9.90. The Balaban J connectivity index is 1.24. The molecule has 28 heavy (non-hydrogen) atoms. The van der Waals surface area contributed by atoms with Crippen molar-refractivity contribution in [2.45, 2.75) is 44.5 Å². The number of pyridine rings is 1. The highest BCUT2D eigenvalue weighted by Gasteiger charge is 2.39. The van der Waals surface area contributed by atoms with E-state index in [1.165, 1.54) is 12.0 Å². The first-order valence-corrected chi connectivity index (χ1v) is 10.0. The predicted octanol–water partition coefficient (Wildman–Crippen LogP) is 2.79. The Kier molecular flexibility index (Phi) is 4.43. The average Bonchev–Trinajstić information content (AvgIpc) is 2.74. The first-order chi connectivity index (χ1) is 13.7. The van der Waals surface area contributed by atoms with Crippen molar-refractivity contribution in [3.63, 3.8) is 0 Å². The van der Waals surface area contributed by atoms with Crippen LogP contribution in [0.15, 0.2) is 42.6 Å². The third kappa shape index (κ3) is 3.22. The summed E-state index contributed by atoms with van der Waals surface area (Å²) in [5, 5.41) is 0. The van der Waals surface area contributed by atoms with Gasteiger partial charge >= 0.3 is 0 Å². The molecule has 146 valence electrons. The zero-order valence-corrected chi connectivity index (χ0v) is 16.1. The molecule has 1 amide bonds. The fourth-order valence-electron chi connectivity index (χ4n) is 4.64. The molecule has 5 heterocycles. The van der Waals surface area contributed by atoms with Gasteiger partial charge in [0.1, 0.15) is 6.61 Å². The van der Waals surface area contributed by atoms with Gasteiger partial charge in [0.15, 0.2) is 11.9 Å². The Morgan fingerprint density at radius 1 is 1.14 bits per heavy atom.